The molecule has 0 unspecified atom stereocenters. The van der Waals surface area contributed by atoms with Crippen molar-refractivity contribution in [2.24, 2.45) is 0 Å². The highest BCUT2D eigenvalue weighted by Gasteiger charge is 2.22. The number of rotatable bonds is 4. The van der Waals surface area contributed by atoms with Crippen LogP contribution < -0.4 is 5.32 Å². The number of amides is 2. The lowest BCUT2D eigenvalue weighted by atomic mass is 9.97. The van der Waals surface area contributed by atoms with Gasteiger partial charge in [-0.15, -0.1) is 0 Å². The van der Waals surface area contributed by atoms with E-state index < -0.39 is 0 Å². The van der Waals surface area contributed by atoms with Gasteiger partial charge in [-0.2, -0.15) is 0 Å². The summed E-state index contributed by atoms with van der Waals surface area (Å²) >= 11 is 0. The minimum absolute atomic E-state index is 0.0300. The first kappa shape index (κ1) is 15.8. The summed E-state index contributed by atoms with van der Waals surface area (Å²) in [5.41, 5.74) is 1.28. The Bertz CT molecular complexity index is 436. The highest BCUT2D eigenvalue weighted by Crippen LogP contribution is 2.18. The third-order valence-electron chi connectivity index (χ3n) is 4.21. The highest BCUT2D eigenvalue weighted by atomic mass is 16.5. The molecule has 0 bridgehead atoms. The van der Waals surface area contributed by atoms with Gasteiger partial charge in [-0.1, -0.05) is 37.3 Å². The number of benzene rings is 1. The van der Waals surface area contributed by atoms with Crippen molar-refractivity contribution < 1.29 is 9.53 Å². The molecule has 1 aromatic carbocycles. The molecule has 1 saturated heterocycles. The summed E-state index contributed by atoms with van der Waals surface area (Å²) in [5, 5.41) is 3.09. The minimum Gasteiger partial charge on any atom is -0.380 e. The van der Waals surface area contributed by atoms with Crippen LogP contribution in [0.5, 0.6) is 0 Å². The van der Waals surface area contributed by atoms with Gasteiger partial charge in [-0.3, -0.25) is 0 Å². The number of nitrogens with zero attached hydrogens (tertiary/aromatic N) is 1. The van der Waals surface area contributed by atoms with Crippen LogP contribution in [0.15, 0.2) is 30.3 Å². The molecule has 1 heterocycles. The predicted molar refractivity (Wildman–Crippen MR) is 84.5 cm³/mol. The molecule has 1 aliphatic heterocycles. The maximum absolute atomic E-state index is 12.4. The Morgan fingerprint density at radius 2 is 2.14 bits per heavy atom. The van der Waals surface area contributed by atoms with E-state index >= 15 is 0 Å². The summed E-state index contributed by atoms with van der Waals surface area (Å²) in [5.74, 6) is 0.369. The second-order valence-corrected chi connectivity index (χ2v) is 5.65. The van der Waals surface area contributed by atoms with Gasteiger partial charge in [-0.25, -0.2) is 4.79 Å². The molecule has 1 aliphatic rings. The van der Waals surface area contributed by atoms with Gasteiger partial charge in [0, 0.05) is 31.7 Å². The number of hydrogen-bond acceptors (Lipinski definition) is 2. The van der Waals surface area contributed by atoms with Gasteiger partial charge in [0.05, 0.1) is 6.61 Å². The Labute approximate surface area is 127 Å². The van der Waals surface area contributed by atoms with E-state index in [0.717, 1.165) is 19.4 Å². The molecule has 21 heavy (non-hydrogen) atoms. The molecule has 4 nitrogen and oxygen atoms in total. The first-order valence-electron chi connectivity index (χ1n) is 7.89. The Kier molecular flexibility index (Phi) is 6.05. The van der Waals surface area contributed by atoms with Crippen molar-refractivity contribution in [2.45, 2.75) is 38.6 Å². The van der Waals surface area contributed by atoms with E-state index in [-0.39, 0.29) is 12.1 Å². The topological polar surface area (TPSA) is 41.6 Å². The van der Waals surface area contributed by atoms with Crippen molar-refractivity contribution in [3.63, 3.8) is 0 Å². The Morgan fingerprint density at radius 1 is 1.38 bits per heavy atom. The van der Waals surface area contributed by atoms with Gasteiger partial charge in [0.2, 0.25) is 0 Å². The first-order chi connectivity index (χ1) is 10.2. The zero-order valence-electron chi connectivity index (χ0n) is 13.0. The normalized spacial score (nSPS) is 20.7. The van der Waals surface area contributed by atoms with E-state index in [2.05, 4.69) is 31.3 Å². The van der Waals surface area contributed by atoms with E-state index in [9.17, 15) is 4.79 Å². The molecule has 0 radical (unpaired) electrons. The number of hydrogen-bond donors (Lipinski definition) is 1. The molecule has 2 atom stereocenters. The minimum atomic E-state index is 0.0300. The second kappa shape index (κ2) is 8.03. The summed E-state index contributed by atoms with van der Waals surface area (Å²) < 4.78 is 5.44. The number of nitrogens with one attached hydrogen (secondary N) is 1. The summed E-state index contributed by atoms with van der Waals surface area (Å²) in [6, 6.07) is 10.6. The van der Waals surface area contributed by atoms with Crippen molar-refractivity contribution >= 4 is 6.03 Å². The van der Waals surface area contributed by atoms with E-state index in [1.807, 2.05) is 23.1 Å². The lowest BCUT2D eigenvalue weighted by molar-refractivity contribution is 0.142. The highest BCUT2D eigenvalue weighted by molar-refractivity contribution is 5.74. The molecule has 1 aromatic rings. The average molecular weight is 290 g/mol. The van der Waals surface area contributed by atoms with Crippen LogP contribution in [0.2, 0.25) is 0 Å². The monoisotopic (exact) mass is 290 g/mol. The molecular formula is C17H26N2O2. The fourth-order valence-corrected chi connectivity index (χ4v) is 2.73. The maximum atomic E-state index is 12.4. The fourth-order valence-electron chi connectivity index (χ4n) is 2.73. The van der Waals surface area contributed by atoms with E-state index in [4.69, 9.17) is 4.74 Å². The van der Waals surface area contributed by atoms with Crippen molar-refractivity contribution in [3.05, 3.63) is 35.9 Å². The van der Waals surface area contributed by atoms with Crippen LogP contribution in [0.3, 0.4) is 0 Å². The zero-order chi connectivity index (χ0) is 15.1. The van der Waals surface area contributed by atoms with Crippen LogP contribution in [0.4, 0.5) is 4.79 Å². The predicted octanol–water partition coefficient (Wildman–Crippen LogP) is 3.00. The van der Waals surface area contributed by atoms with Crippen LogP contribution in [-0.4, -0.2) is 43.3 Å². The quantitative estimate of drug-likeness (QED) is 0.926. The van der Waals surface area contributed by atoms with Crippen LogP contribution in [0, 0.1) is 0 Å². The van der Waals surface area contributed by atoms with Gasteiger partial charge in [0.25, 0.3) is 0 Å². The second-order valence-electron chi connectivity index (χ2n) is 5.65. The largest absolute Gasteiger partial charge is 0.380 e. The Balaban J connectivity index is 1.90. The van der Waals surface area contributed by atoms with Crippen LogP contribution >= 0.6 is 0 Å². The van der Waals surface area contributed by atoms with E-state index in [1.165, 1.54) is 5.56 Å². The molecule has 116 valence electrons. The standard InChI is InChI=1S/C17H26N2O2/c1-3-15(16-7-5-4-6-8-16)13-18-17(20)19-10-12-21-11-9-14(19)2/h4-8,14-15H,3,9-13H2,1-2H3,(H,18,20)/t14-,15-/m1/s1. The van der Waals surface area contributed by atoms with Crippen LogP contribution in [0.1, 0.15) is 38.2 Å². The van der Waals surface area contributed by atoms with Gasteiger partial charge in [-0.05, 0) is 25.3 Å². The average Bonchev–Trinajstić information content (AvgIpc) is 2.73. The summed E-state index contributed by atoms with van der Waals surface area (Å²) in [6.45, 7) is 6.98. The van der Waals surface area contributed by atoms with Crippen molar-refractivity contribution in [1.82, 2.24) is 10.2 Å². The third kappa shape index (κ3) is 4.46. The number of ether oxygens (including phenoxy) is 1. The first-order valence-corrected chi connectivity index (χ1v) is 7.89. The third-order valence-corrected chi connectivity index (χ3v) is 4.21. The smallest absolute Gasteiger partial charge is 0.317 e. The van der Waals surface area contributed by atoms with Crippen LogP contribution in [0.25, 0.3) is 0 Å². The molecule has 1 N–H and O–H groups in total. The molecule has 0 spiro atoms. The van der Waals surface area contributed by atoms with E-state index in [1.54, 1.807) is 0 Å². The molecular weight excluding hydrogens is 264 g/mol. The molecule has 1 fully saturated rings. The van der Waals surface area contributed by atoms with Crippen molar-refractivity contribution in [3.8, 4) is 0 Å². The van der Waals surface area contributed by atoms with Gasteiger partial charge < -0.3 is 15.0 Å². The maximum Gasteiger partial charge on any atom is 0.317 e. The molecule has 2 rings (SSSR count). The number of carbonyl (C=O) groups excluding carboxylic acids is 1. The number of urea groups is 1. The van der Waals surface area contributed by atoms with Crippen molar-refractivity contribution in [1.29, 1.82) is 0 Å². The zero-order valence-corrected chi connectivity index (χ0v) is 13.0. The van der Waals surface area contributed by atoms with Gasteiger partial charge in [0.1, 0.15) is 0 Å². The summed E-state index contributed by atoms with van der Waals surface area (Å²) in [4.78, 5) is 14.3. The molecule has 2 amide bonds. The van der Waals surface area contributed by atoms with Gasteiger partial charge in [0.15, 0.2) is 0 Å². The molecule has 0 saturated carbocycles. The van der Waals surface area contributed by atoms with Gasteiger partial charge >= 0.3 is 6.03 Å². The summed E-state index contributed by atoms with van der Waals surface area (Å²) in [7, 11) is 0. The lowest BCUT2D eigenvalue weighted by Gasteiger charge is -2.27. The SMILES string of the molecule is CC[C@H](CNC(=O)N1CCOCC[C@H]1C)c1ccccc1. The van der Waals surface area contributed by atoms with Crippen LogP contribution in [-0.2, 0) is 4.74 Å². The Hall–Kier alpha value is -1.55. The summed E-state index contributed by atoms with van der Waals surface area (Å²) in [6.07, 6.45) is 1.92. The van der Waals surface area contributed by atoms with Crippen molar-refractivity contribution in [2.75, 3.05) is 26.3 Å². The van der Waals surface area contributed by atoms with E-state index in [0.29, 0.717) is 25.6 Å². The Morgan fingerprint density at radius 3 is 2.86 bits per heavy atom. The molecule has 0 aromatic heterocycles. The fraction of sp³-hybridized carbons (Fsp3) is 0.588. The lowest BCUT2D eigenvalue weighted by Crippen LogP contribution is -2.46. The number of carbonyl (C=O) groups is 1. The molecule has 4 heteroatoms. The molecule has 0 aliphatic carbocycles.